The van der Waals surface area contributed by atoms with Crippen molar-refractivity contribution in [2.75, 3.05) is 6.61 Å². The summed E-state index contributed by atoms with van der Waals surface area (Å²) in [5.41, 5.74) is 3.05. The van der Waals surface area contributed by atoms with Crippen molar-refractivity contribution in [3.8, 4) is 11.6 Å². The van der Waals surface area contributed by atoms with Gasteiger partial charge in [-0.2, -0.15) is 4.98 Å². The quantitative estimate of drug-likeness (QED) is 0.489. The second-order valence-corrected chi connectivity index (χ2v) is 8.54. The number of nitrogens with one attached hydrogen (secondary N) is 2. The highest BCUT2D eigenvalue weighted by Crippen LogP contribution is 2.24. The molecule has 1 atom stereocenters. The number of hydrogen-bond acceptors (Lipinski definition) is 6. The Bertz CT molecular complexity index is 1400. The van der Waals surface area contributed by atoms with Gasteiger partial charge in [-0.1, -0.05) is 6.07 Å². The molecule has 1 aliphatic rings. The van der Waals surface area contributed by atoms with Gasteiger partial charge in [-0.15, -0.1) is 0 Å². The fraction of sp³-hybridized carbons (Fsp3) is 0.217. The maximum atomic E-state index is 13.9. The number of hydrogen-bond donors (Lipinski definition) is 2. The van der Waals surface area contributed by atoms with Gasteiger partial charge in [0.25, 0.3) is 17.4 Å². The number of nitrogens with zero attached hydrogens (tertiary/aromatic N) is 2. The number of amides is 2. The maximum absolute atomic E-state index is 13.9. The third kappa shape index (κ3) is 5.08. The lowest BCUT2D eigenvalue weighted by atomic mass is 10.1. The summed E-state index contributed by atoms with van der Waals surface area (Å²) >= 11 is 3.19. The predicted octanol–water partition coefficient (Wildman–Crippen LogP) is 2.63. The number of ether oxygens (including phenoxy) is 1. The van der Waals surface area contributed by atoms with Gasteiger partial charge in [-0.05, 0) is 59.6 Å². The molecule has 182 valence electrons. The molecule has 9 nitrogen and oxygen atoms in total. The monoisotopic (exact) mass is 548 g/mol. The number of carbonyl (C=O) groups is 2. The Hall–Kier alpha value is -3.64. The summed E-state index contributed by atoms with van der Waals surface area (Å²) in [6.07, 6.45) is 0. The molecule has 0 radical (unpaired) electrons. The fourth-order valence-electron chi connectivity index (χ4n) is 3.43. The van der Waals surface area contributed by atoms with E-state index < -0.39 is 35.0 Å². The molecule has 2 N–H and O–H groups in total. The molecule has 0 bridgehead atoms. The normalized spacial score (nSPS) is 15.1. The maximum Gasteiger partial charge on any atom is 0.276 e. The Morgan fingerprint density at radius 2 is 2.03 bits per heavy atom. The number of hydroxylamine groups is 1. The average Bonchev–Trinajstić information content (AvgIpc) is 3.21. The second kappa shape index (κ2) is 9.92. The molecule has 35 heavy (non-hydrogen) atoms. The summed E-state index contributed by atoms with van der Waals surface area (Å²) in [6, 6.07) is 7.00. The van der Waals surface area contributed by atoms with E-state index in [9.17, 15) is 23.2 Å². The summed E-state index contributed by atoms with van der Waals surface area (Å²) in [5.74, 6) is -2.28. The molecule has 12 heteroatoms. The molecule has 0 spiro atoms. The topological polar surface area (TPSA) is 112 Å². The van der Waals surface area contributed by atoms with Crippen molar-refractivity contribution >= 4 is 27.7 Å². The van der Waals surface area contributed by atoms with Crippen molar-refractivity contribution in [2.45, 2.75) is 26.5 Å². The van der Waals surface area contributed by atoms with Gasteiger partial charge in [-0.25, -0.2) is 14.3 Å². The van der Waals surface area contributed by atoms with Gasteiger partial charge in [0.05, 0.1) is 5.69 Å². The second-order valence-electron chi connectivity index (χ2n) is 7.75. The molecule has 0 unspecified atom stereocenters. The molecular formula is C23H19BrF2N4O5. The number of benzene rings is 2. The minimum Gasteiger partial charge on any atom is -0.472 e. The zero-order chi connectivity index (χ0) is 25.3. The van der Waals surface area contributed by atoms with Crippen LogP contribution >= 0.6 is 15.9 Å². The van der Waals surface area contributed by atoms with Crippen LogP contribution in [0.25, 0.3) is 5.69 Å². The summed E-state index contributed by atoms with van der Waals surface area (Å²) in [4.78, 5) is 46.6. The van der Waals surface area contributed by atoms with Crippen molar-refractivity contribution < 1.29 is 27.9 Å². The van der Waals surface area contributed by atoms with E-state index in [1.54, 1.807) is 26.0 Å². The molecule has 0 saturated carbocycles. The molecule has 4 rings (SSSR count). The highest BCUT2D eigenvalue weighted by molar-refractivity contribution is 9.10. The summed E-state index contributed by atoms with van der Waals surface area (Å²) in [6.45, 7) is 3.07. The van der Waals surface area contributed by atoms with Crippen molar-refractivity contribution in [1.29, 1.82) is 0 Å². The lowest BCUT2D eigenvalue weighted by Gasteiger charge is -2.16. The van der Waals surface area contributed by atoms with Gasteiger partial charge in [0, 0.05) is 17.2 Å². The molecule has 1 aromatic heterocycles. The SMILES string of the molecule is Cc1ccc(C(=O)N[C@@H]2CONC2=O)cc1-n1c(C)nc(OCc2ccc(F)cc2F)c(Br)c1=O. The predicted molar refractivity (Wildman–Crippen MR) is 123 cm³/mol. The van der Waals surface area contributed by atoms with E-state index in [0.29, 0.717) is 11.3 Å². The number of rotatable bonds is 6. The first-order valence-electron chi connectivity index (χ1n) is 10.3. The smallest absolute Gasteiger partial charge is 0.276 e. The Morgan fingerprint density at radius 1 is 1.26 bits per heavy atom. The average molecular weight is 549 g/mol. The van der Waals surface area contributed by atoms with E-state index in [-0.39, 0.29) is 40.5 Å². The third-order valence-corrected chi connectivity index (χ3v) is 5.98. The minimum absolute atomic E-state index is 0.00199. The summed E-state index contributed by atoms with van der Waals surface area (Å²) < 4.78 is 33.8. The molecule has 1 saturated heterocycles. The number of halogens is 3. The van der Waals surface area contributed by atoms with Crippen LogP contribution in [-0.2, 0) is 16.2 Å². The fourth-order valence-corrected chi connectivity index (χ4v) is 3.81. The number of aromatic nitrogens is 2. The largest absolute Gasteiger partial charge is 0.472 e. The van der Waals surface area contributed by atoms with Gasteiger partial charge >= 0.3 is 0 Å². The van der Waals surface area contributed by atoms with Gasteiger partial charge < -0.3 is 10.1 Å². The van der Waals surface area contributed by atoms with E-state index >= 15 is 0 Å². The van der Waals surface area contributed by atoms with Gasteiger partial charge in [0.2, 0.25) is 5.88 Å². The number of aryl methyl sites for hydroxylation is 2. The summed E-state index contributed by atoms with van der Waals surface area (Å²) in [5, 5.41) is 2.57. The summed E-state index contributed by atoms with van der Waals surface area (Å²) in [7, 11) is 0. The van der Waals surface area contributed by atoms with Crippen LogP contribution in [0.2, 0.25) is 0 Å². The molecule has 0 aliphatic carbocycles. The zero-order valence-electron chi connectivity index (χ0n) is 18.5. The Balaban J connectivity index is 1.63. The Labute approximate surface area is 206 Å². The molecule has 2 aromatic carbocycles. The highest BCUT2D eigenvalue weighted by Gasteiger charge is 2.27. The van der Waals surface area contributed by atoms with Crippen LogP contribution < -0.4 is 21.1 Å². The standard InChI is InChI=1S/C23H19BrF2N4O5/c1-11-3-4-13(20(31)28-17-10-35-29-21(17)32)7-18(11)30-12(2)27-22(19(24)23(30)33)34-9-14-5-6-15(25)8-16(14)26/h3-8,17H,9-10H2,1-2H3,(H,28,31)(H,29,32)/t17-/m1/s1. The van der Waals surface area contributed by atoms with Crippen LogP contribution in [0, 0.1) is 25.5 Å². The molecule has 2 amide bonds. The first-order valence-corrected chi connectivity index (χ1v) is 11.1. The number of carbonyl (C=O) groups excluding carboxylic acids is 2. The van der Waals surface area contributed by atoms with Crippen molar-refractivity contribution in [3.63, 3.8) is 0 Å². The van der Waals surface area contributed by atoms with E-state index in [1.165, 1.54) is 16.7 Å². The lowest BCUT2D eigenvalue weighted by molar-refractivity contribution is -0.125. The Kier molecular flexibility index (Phi) is 6.94. The van der Waals surface area contributed by atoms with Gasteiger partial charge in [-0.3, -0.25) is 23.8 Å². The van der Waals surface area contributed by atoms with E-state index in [2.05, 4.69) is 31.7 Å². The first-order chi connectivity index (χ1) is 16.7. The van der Waals surface area contributed by atoms with E-state index in [4.69, 9.17) is 9.57 Å². The van der Waals surface area contributed by atoms with Crippen molar-refractivity contribution in [2.24, 2.45) is 0 Å². The molecule has 1 fully saturated rings. The van der Waals surface area contributed by atoms with Gasteiger partial charge in [0.1, 0.15) is 41.2 Å². The molecule has 2 heterocycles. The van der Waals surface area contributed by atoms with Crippen LogP contribution in [0.4, 0.5) is 8.78 Å². The van der Waals surface area contributed by atoms with Crippen molar-refractivity contribution in [3.05, 3.63) is 85.4 Å². The van der Waals surface area contributed by atoms with E-state index in [0.717, 1.165) is 12.1 Å². The molecule has 1 aliphatic heterocycles. The highest BCUT2D eigenvalue weighted by atomic mass is 79.9. The minimum atomic E-state index is -0.824. The first kappa shape index (κ1) is 24.5. The van der Waals surface area contributed by atoms with Crippen LogP contribution in [0.5, 0.6) is 5.88 Å². The molecular weight excluding hydrogens is 530 g/mol. The zero-order valence-corrected chi connectivity index (χ0v) is 20.1. The van der Waals surface area contributed by atoms with Crippen molar-refractivity contribution in [1.82, 2.24) is 20.3 Å². The molecule has 3 aromatic rings. The van der Waals surface area contributed by atoms with Crippen LogP contribution in [0.3, 0.4) is 0 Å². The van der Waals surface area contributed by atoms with E-state index in [1.807, 2.05) is 0 Å². The van der Waals surface area contributed by atoms with Crippen LogP contribution in [-0.4, -0.2) is 34.0 Å². The van der Waals surface area contributed by atoms with Crippen LogP contribution in [0.1, 0.15) is 27.3 Å². The lowest BCUT2D eigenvalue weighted by Crippen LogP contribution is -2.41. The van der Waals surface area contributed by atoms with Crippen LogP contribution in [0.15, 0.2) is 45.7 Å². The Morgan fingerprint density at radius 3 is 2.71 bits per heavy atom. The van der Waals surface area contributed by atoms with Gasteiger partial charge in [0.15, 0.2) is 0 Å². The third-order valence-electron chi connectivity index (χ3n) is 5.30.